The van der Waals surface area contributed by atoms with Gasteiger partial charge >= 0.3 is 81.3 Å². The summed E-state index contributed by atoms with van der Waals surface area (Å²) in [4.78, 5) is 10.6. The van der Waals surface area contributed by atoms with Gasteiger partial charge in [0.05, 0.1) is 0 Å². The monoisotopic (exact) mass is 271 g/mol. The number of alkyl halides is 1. The van der Waals surface area contributed by atoms with Crippen molar-refractivity contribution in [1.82, 2.24) is 9.97 Å². The van der Waals surface area contributed by atoms with Crippen LogP contribution < -0.4 is 21.2 Å². The molecule has 2 rings (SSSR count). The van der Waals surface area contributed by atoms with Crippen molar-refractivity contribution < 1.29 is 21.2 Å². The molecule has 0 fully saturated rings. The molecular weight excluding hydrogens is 263 g/mol. The fraction of sp³-hybridized carbons (Fsp3) is 0.111. The summed E-state index contributed by atoms with van der Waals surface area (Å²) in [5.41, 5.74) is 1.01. The van der Waals surface area contributed by atoms with Gasteiger partial charge in [0.2, 0.25) is 0 Å². The van der Waals surface area contributed by atoms with Gasteiger partial charge in [-0.3, -0.25) is 0 Å². The van der Waals surface area contributed by atoms with Crippen molar-refractivity contribution in [2.45, 2.75) is 0 Å². The van der Waals surface area contributed by atoms with Crippen molar-refractivity contribution >= 4 is 10.9 Å². The zero-order valence-corrected chi connectivity index (χ0v) is 8.82. The van der Waals surface area contributed by atoms with Crippen LogP contribution in [0.4, 0.5) is 0 Å². The molecule has 0 bridgehead atoms. The van der Waals surface area contributed by atoms with Crippen LogP contribution in [-0.2, 0) is 0 Å². The summed E-state index contributed by atoms with van der Waals surface area (Å²) < 4.78 is 1.37. The van der Waals surface area contributed by atoms with Gasteiger partial charge < -0.3 is 0 Å². The van der Waals surface area contributed by atoms with Crippen LogP contribution in [0.2, 0.25) is 0 Å². The molecule has 12 heavy (non-hydrogen) atoms. The fourth-order valence-electron chi connectivity index (χ4n) is 1.12. The quantitative estimate of drug-likeness (QED) is 0.467. The standard InChI is InChI=1S/C9H8IN2/c1-10-8-5-11-6-9-7(8)3-2-4-12-9/h2-6H,1H3/q-1. The van der Waals surface area contributed by atoms with Crippen molar-refractivity contribution in [3.63, 3.8) is 0 Å². The topological polar surface area (TPSA) is 25.8 Å². The average Bonchev–Trinajstić information content (AvgIpc) is 2.17. The van der Waals surface area contributed by atoms with E-state index in [2.05, 4.69) is 21.0 Å². The molecule has 2 nitrogen and oxygen atoms in total. The summed E-state index contributed by atoms with van der Waals surface area (Å²) in [6.45, 7) is 0. The molecule has 0 N–H and O–H groups in total. The Morgan fingerprint density at radius 3 is 3.08 bits per heavy atom. The number of pyridine rings is 2. The molecule has 0 saturated carbocycles. The van der Waals surface area contributed by atoms with E-state index in [0.717, 1.165) is 5.52 Å². The Bertz CT molecular complexity index is 395. The molecule has 2 heterocycles. The predicted molar refractivity (Wildman–Crippen MR) is 44.2 cm³/mol. The average molecular weight is 271 g/mol. The van der Waals surface area contributed by atoms with Crippen LogP contribution in [0.25, 0.3) is 10.9 Å². The number of hydrogen-bond acceptors (Lipinski definition) is 2. The third kappa shape index (κ3) is 1.29. The first-order valence-electron chi connectivity index (χ1n) is 3.60. The SMILES string of the molecule is C[I-]c1cncc2ncccc12. The maximum atomic E-state index is 4.24. The van der Waals surface area contributed by atoms with Gasteiger partial charge in [-0.05, 0) is 0 Å². The summed E-state index contributed by atoms with van der Waals surface area (Å²) >= 11 is 0.105. The van der Waals surface area contributed by atoms with Gasteiger partial charge in [0.25, 0.3) is 0 Å². The van der Waals surface area contributed by atoms with Crippen LogP contribution in [0, 0.1) is 3.57 Å². The summed E-state index contributed by atoms with van der Waals surface area (Å²) in [7, 11) is 0. The van der Waals surface area contributed by atoms with Crippen LogP contribution in [0.1, 0.15) is 0 Å². The first-order valence-corrected chi connectivity index (χ1v) is 6.83. The number of rotatable bonds is 1. The second kappa shape index (κ2) is 3.35. The number of aromatic nitrogens is 2. The van der Waals surface area contributed by atoms with Gasteiger partial charge in [-0.15, -0.1) is 0 Å². The van der Waals surface area contributed by atoms with Crippen molar-refractivity contribution in [3.8, 4) is 0 Å². The number of hydrogen-bond donors (Lipinski definition) is 0. The van der Waals surface area contributed by atoms with Crippen molar-refractivity contribution in [1.29, 1.82) is 0 Å². The van der Waals surface area contributed by atoms with Crippen LogP contribution in [0.15, 0.2) is 30.7 Å². The molecule has 2 aromatic rings. The molecule has 0 saturated heterocycles. The van der Waals surface area contributed by atoms with Gasteiger partial charge in [0, 0.05) is 0 Å². The summed E-state index contributed by atoms with van der Waals surface area (Å²) in [6, 6.07) is 4.09. The molecule has 0 aliphatic carbocycles. The van der Waals surface area contributed by atoms with E-state index >= 15 is 0 Å². The van der Waals surface area contributed by atoms with Gasteiger partial charge in [-0.1, -0.05) is 0 Å². The van der Waals surface area contributed by atoms with E-state index in [1.54, 1.807) is 0 Å². The molecule has 0 atom stereocenters. The van der Waals surface area contributed by atoms with E-state index in [4.69, 9.17) is 0 Å². The molecule has 0 aliphatic heterocycles. The first-order chi connectivity index (χ1) is 5.92. The Kier molecular flexibility index (Phi) is 2.21. The molecule has 0 spiro atoms. The molecule has 2 aromatic heterocycles. The van der Waals surface area contributed by atoms with Crippen LogP contribution in [0.5, 0.6) is 0 Å². The Labute approximate surface area is 81.3 Å². The molecule has 0 aliphatic rings. The second-order valence-corrected chi connectivity index (χ2v) is 4.62. The molecular formula is C9H8IN2-. The van der Waals surface area contributed by atoms with Crippen LogP contribution in [-0.4, -0.2) is 14.9 Å². The molecule has 0 radical (unpaired) electrons. The van der Waals surface area contributed by atoms with Gasteiger partial charge in [0.15, 0.2) is 0 Å². The summed E-state index contributed by atoms with van der Waals surface area (Å²) in [5.74, 6) is 0. The normalized spacial score (nSPS) is 10.8. The number of fused-ring (bicyclic) bond motifs is 1. The van der Waals surface area contributed by atoms with E-state index in [-0.39, 0.29) is 21.2 Å². The Morgan fingerprint density at radius 2 is 2.25 bits per heavy atom. The van der Waals surface area contributed by atoms with Gasteiger partial charge in [0.1, 0.15) is 0 Å². The van der Waals surface area contributed by atoms with Crippen LogP contribution >= 0.6 is 0 Å². The number of nitrogens with zero attached hydrogens (tertiary/aromatic N) is 2. The van der Waals surface area contributed by atoms with Gasteiger partial charge in [-0.2, -0.15) is 0 Å². The summed E-state index contributed by atoms with van der Waals surface area (Å²) in [6.07, 6.45) is 5.58. The Balaban J connectivity index is 2.79. The fourth-order valence-corrected chi connectivity index (χ4v) is 2.59. The molecule has 3 heteroatoms. The minimum atomic E-state index is 0.105. The number of halogens is 1. The van der Waals surface area contributed by atoms with Gasteiger partial charge in [-0.25, -0.2) is 0 Å². The third-order valence-electron chi connectivity index (χ3n) is 1.68. The van der Waals surface area contributed by atoms with E-state index in [0.29, 0.717) is 0 Å². The van der Waals surface area contributed by atoms with Crippen LogP contribution in [0.3, 0.4) is 0 Å². The third-order valence-corrected chi connectivity index (χ3v) is 3.71. The zero-order valence-electron chi connectivity index (χ0n) is 6.66. The van der Waals surface area contributed by atoms with Crippen molar-refractivity contribution in [2.75, 3.05) is 4.93 Å². The van der Waals surface area contributed by atoms with Crippen molar-refractivity contribution in [2.24, 2.45) is 0 Å². The minimum absolute atomic E-state index is 0.105. The van der Waals surface area contributed by atoms with E-state index in [1.165, 1.54) is 8.96 Å². The summed E-state index contributed by atoms with van der Waals surface area (Å²) in [5, 5.41) is 1.27. The van der Waals surface area contributed by atoms with E-state index in [9.17, 15) is 0 Å². The molecule has 0 amide bonds. The van der Waals surface area contributed by atoms with E-state index < -0.39 is 0 Å². The Morgan fingerprint density at radius 1 is 1.33 bits per heavy atom. The first kappa shape index (κ1) is 7.91. The maximum absolute atomic E-state index is 4.24. The molecule has 0 unspecified atom stereocenters. The predicted octanol–water partition coefficient (Wildman–Crippen LogP) is -1.48. The van der Waals surface area contributed by atoms with E-state index in [1.807, 2.05) is 24.7 Å². The zero-order chi connectivity index (χ0) is 8.39. The van der Waals surface area contributed by atoms with Crippen molar-refractivity contribution in [3.05, 3.63) is 34.3 Å². The second-order valence-electron chi connectivity index (χ2n) is 2.38. The molecule has 0 aromatic carbocycles. The Hall–Kier alpha value is -0.710. The molecule has 62 valence electrons.